The molecule has 1 N–H and O–H groups in total. The first-order valence-corrected chi connectivity index (χ1v) is 6.80. The van der Waals surface area contributed by atoms with Gasteiger partial charge in [0, 0.05) is 24.3 Å². The number of carbonyl (C=O) groups excluding carboxylic acids is 1. The van der Waals surface area contributed by atoms with Crippen molar-refractivity contribution in [1.82, 2.24) is 14.7 Å². The highest BCUT2D eigenvalue weighted by Crippen LogP contribution is 2.16. The average Bonchev–Trinajstić information content (AvgIpc) is 3.07. The maximum atomic E-state index is 12.2. The smallest absolute Gasteiger partial charge is 0.274 e. The van der Waals surface area contributed by atoms with Crippen LogP contribution in [-0.2, 0) is 0 Å². The minimum Gasteiger partial charge on any atom is -0.391 e. The molecule has 0 aliphatic carbocycles. The van der Waals surface area contributed by atoms with Gasteiger partial charge in [0.25, 0.3) is 5.91 Å². The van der Waals surface area contributed by atoms with Crippen LogP contribution in [0, 0.1) is 0 Å². The van der Waals surface area contributed by atoms with Crippen molar-refractivity contribution in [3.63, 3.8) is 0 Å². The van der Waals surface area contributed by atoms with Crippen molar-refractivity contribution in [2.75, 3.05) is 13.1 Å². The molecule has 104 valence electrons. The van der Waals surface area contributed by atoms with Crippen LogP contribution in [0.4, 0.5) is 0 Å². The summed E-state index contributed by atoms with van der Waals surface area (Å²) in [4.78, 5) is 13.8. The van der Waals surface area contributed by atoms with Crippen molar-refractivity contribution in [2.24, 2.45) is 0 Å². The third kappa shape index (κ3) is 2.55. The van der Waals surface area contributed by atoms with Crippen LogP contribution in [0.3, 0.4) is 0 Å². The lowest BCUT2D eigenvalue weighted by Crippen LogP contribution is -2.29. The SMILES string of the molecule is O=C(c1ccn(-c2cccc(Cl)c2)n1)N1CC[C@@H](O)C1. The summed E-state index contributed by atoms with van der Waals surface area (Å²) in [5, 5.41) is 14.4. The molecule has 1 atom stereocenters. The Kier molecular flexibility index (Phi) is 3.46. The summed E-state index contributed by atoms with van der Waals surface area (Å²) in [6.45, 7) is 0.951. The van der Waals surface area contributed by atoms with Gasteiger partial charge in [0.15, 0.2) is 5.69 Å². The molecule has 1 aliphatic heterocycles. The van der Waals surface area contributed by atoms with Crippen LogP contribution in [0.25, 0.3) is 5.69 Å². The lowest BCUT2D eigenvalue weighted by molar-refractivity contribution is 0.0759. The second-order valence-corrected chi connectivity index (χ2v) is 5.26. The predicted octanol–water partition coefficient (Wildman–Crippen LogP) is 1.73. The van der Waals surface area contributed by atoms with E-state index in [0.717, 1.165) is 5.69 Å². The Labute approximate surface area is 121 Å². The summed E-state index contributed by atoms with van der Waals surface area (Å²) in [5.41, 5.74) is 1.18. The molecule has 0 saturated carbocycles. The van der Waals surface area contributed by atoms with Gasteiger partial charge in [-0.15, -0.1) is 0 Å². The first-order chi connectivity index (χ1) is 9.63. The molecule has 1 saturated heterocycles. The molecule has 0 unspecified atom stereocenters. The van der Waals surface area contributed by atoms with E-state index < -0.39 is 6.10 Å². The van der Waals surface area contributed by atoms with E-state index in [2.05, 4.69) is 5.10 Å². The van der Waals surface area contributed by atoms with Crippen molar-refractivity contribution in [3.8, 4) is 5.69 Å². The molecule has 0 bridgehead atoms. The highest BCUT2D eigenvalue weighted by molar-refractivity contribution is 6.30. The fourth-order valence-corrected chi connectivity index (χ4v) is 2.47. The van der Waals surface area contributed by atoms with E-state index in [9.17, 15) is 9.90 Å². The van der Waals surface area contributed by atoms with E-state index in [1.54, 1.807) is 34.0 Å². The van der Waals surface area contributed by atoms with Crippen LogP contribution in [0.1, 0.15) is 16.9 Å². The standard InChI is InChI=1S/C14H14ClN3O2/c15-10-2-1-3-11(8-10)18-7-5-13(16-18)14(20)17-6-4-12(19)9-17/h1-3,5,7-8,12,19H,4,6,9H2/t12-/m1/s1. The topological polar surface area (TPSA) is 58.4 Å². The number of β-amino-alcohol motifs (C(OH)–C–C–N with tert-alkyl or cyclic N) is 1. The van der Waals surface area contributed by atoms with E-state index in [1.807, 2.05) is 12.1 Å². The maximum absolute atomic E-state index is 12.2. The Hall–Kier alpha value is -1.85. The average molecular weight is 292 g/mol. The Morgan fingerprint density at radius 3 is 2.95 bits per heavy atom. The molecule has 1 aliphatic rings. The zero-order chi connectivity index (χ0) is 14.1. The van der Waals surface area contributed by atoms with Gasteiger partial charge in [-0.2, -0.15) is 5.10 Å². The number of aromatic nitrogens is 2. The van der Waals surface area contributed by atoms with E-state index in [-0.39, 0.29) is 5.91 Å². The van der Waals surface area contributed by atoms with Crippen LogP contribution in [0.5, 0.6) is 0 Å². The van der Waals surface area contributed by atoms with E-state index in [0.29, 0.717) is 30.2 Å². The molecule has 20 heavy (non-hydrogen) atoms. The third-order valence-electron chi connectivity index (χ3n) is 3.33. The molecule has 6 heteroatoms. The van der Waals surface area contributed by atoms with E-state index >= 15 is 0 Å². The minimum atomic E-state index is -0.422. The van der Waals surface area contributed by atoms with Gasteiger partial charge in [-0.05, 0) is 30.7 Å². The summed E-state index contributed by atoms with van der Waals surface area (Å²) >= 11 is 5.94. The molecule has 2 heterocycles. The highest BCUT2D eigenvalue weighted by atomic mass is 35.5. The summed E-state index contributed by atoms with van der Waals surface area (Å²) in [7, 11) is 0. The fourth-order valence-electron chi connectivity index (χ4n) is 2.29. The molecule has 3 rings (SSSR count). The second kappa shape index (κ2) is 5.26. The van der Waals surface area contributed by atoms with Crippen LogP contribution >= 0.6 is 11.6 Å². The molecular weight excluding hydrogens is 278 g/mol. The fraction of sp³-hybridized carbons (Fsp3) is 0.286. The van der Waals surface area contributed by atoms with Crippen molar-refractivity contribution in [1.29, 1.82) is 0 Å². The van der Waals surface area contributed by atoms with Gasteiger partial charge in [-0.3, -0.25) is 4.79 Å². The Morgan fingerprint density at radius 2 is 2.25 bits per heavy atom. The molecule has 0 radical (unpaired) electrons. The second-order valence-electron chi connectivity index (χ2n) is 4.82. The van der Waals surface area contributed by atoms with Crippen LogP contribution in [0.15, 0.2) is 36.5 Å². The van der Waals surface area contributed by atoms with Gasteiger partial charge in [0.1, 0.15) is 0 Å². The van der Waals surface area contributed by atoms with Crippen LogP contribution < -0.4 is 0 Å². The number of benzene rings is 1. The van der Waals surface area contributed by atoms with Gasteiger partial charge in [-0.25, -0.2) is 4.68 Å². The number of likely N-dealkylation sites (tertiary alicyclic amines) is 1. The molecule has 2 aromatic rings. The van der Waals surface area contributed by atoms with Gasteiger partial charge < -0.3 is 10.0 Å². The van der Waals surface area contributed by atoms with Crippen molar-refractivity contribution in [3.05, 3.63) is 47.2 Å². The largest absolute Gasteiger partial charge is 0.391 e. The zero-order valence-electron chi connectivity index (χ0n) is 10.7. The number of halogens is 1. The third-order valence-corrected chi connectivity index (χ3v) is 3.57. The molecule has 1 aromatic carbocycles. The number of amides is 1. The lowest BCUT2D eigenvalue weighted by Gasteiger charge is -2.13. The molecule has 1 aromatic heterocycles. The monoisotopic (exact) mass is 291 g/mol. The summed E-state index contributed by atoms with van der Waals surface area (Å²) in [6.07, 6.45) is 1.93. The van der Waals surface area contributed by atoms with Crippen molar-refractivity contribution in [2.45, 2.75) is 12.5 Å². The predicted molar refractivity (Wildman–Crippen MR) is 75.1 cm³/mol. The molecule has 1 fully saturated rings. The number of carbonyl (C=O) groups is 1. The molecule has 0 spiro atoms. The quantitative estimate of drug-likeness (QED) is 0.917. The number of nitrogens with zero attached hydrogens (tertiary/aromatic N) is 3. The Morgan fingerprint density at radius 1 is 1.40 bits per heavy atom. The Bertz CT molecular complexity index is 641. The van der Waals surface area contributed by atoms with Crippen LogP contribution in [-0.4, -0.2) is 44.9 Å². The number of hydrogen-bond donors (Lipinski definition) is 1. The number of rotatable bonds is 2. The van der Waals surface area contributed by atoms with Crippen LogP contribution in [0.2, 0.25) is 5.02 Å². The minimum absolute atomic E-state index is 0.151. The molecular formula is C14H14ClN3O2. The van der Waals surface area contributed by atoms with Gasteiger partial charge in [0.2, 0.25) is 0 Å². The molecule has 5 nitrogen and oxygen atoms in total. The van der Waals surface area contributed by atoms with Crippen molar-refractivity contribution < 1.29 is 9.90 Å². The normalized spacial score (nSPS) is 18.5. The first-order valence-electron chi connectivity index (χ1n) is 6.42. The zero-order valence-corrected chi connectivity index (χ0v) is 11.5. The number of aliphatic hydroxyl groups excluding tert-OH is 1. The van der Waals surface area contributed by atoms with Gasteiger partial charge in [-0.1, -0.05) is 17.7 Å². The summed E-state index contributed by atoms with van der Waals surface area (Å²) in [5.74, 6) is -0.151. The first kappa shape index (κ1) is 13.1. The summed E-state index contributed by atoms with van der Waals surface area (Å²) < 4.78 is 1.62. The highest BCUT2D eigenvalue weighted by Gasteiger charge is 2.26. The van der Waals surface area contributed by atoms with E-state index in [1.165, 1.54) is 0 Å². The summed E-state index contributed by atoms with van der Waals surface area (Å²) in [6, 6.07) is 8.94. The number of aliphatic hydroxyl groups is 1. The van der Waals surface area contributed by atoms with Crippen molar-refractivity contribution >= 4 is 17.5 Å². The Balaban J connectivity index is 1.81. The number of hydrogen-bond acceptors (Lipinski definition) is 3. The van der Waals surface area contributed by atoms with E-state index in [4.69, 9.17) is 11.6 Å². The lowest BCUT2D eigenvalue weighted by atomic mass is 10.3. The maximum Gasteiger partial charge on any atom is 0.274 e. The van der Waals surface area contributed by atoms with Gasteiger partial charge in [0.05, 0.1) is 11.8 Å². The van der Waals surface area contributed by atoms with Gasteiger partial charge >= 0.3 is 0 Å². The molecule has 1 amide bonds.